The summed E-state index contributed by atoms with van der Waals surface area (Å²) >= 11 is 0. The number of anilines is 2. The molecule has 0 heterocycles. The molecule has 4 nitrogen and oxygen atoms in total. The SMILES string of the molecule is CCN(C)CCNc1ccc(C#N)cc1N. The highest BCUT2D eigenvalue weighted by atomic mass is 15.1. The Morgan fingerprint density at radius 3 is 2.81 bits per heavy atom. The van der Waals surface area contributed by atoms with Crippen molar-refractivity contribution in [1.29, 1.82) is 5.26 Å². The summed E-state index contributed by atoms with van der Waals surface area (Å²) in [6.07, 6.45) is 0. The van der Waals surface area contributed by atoms with E-state index in [2.05, 4.69) is 30.3 Å². The quantitative estimate of drug-likeness (QED) is 0.735. The van der Waals surface area contributed by atoms with E-state index in [1.807, 2.05) is 6.07 Å². The molecule has 0 unspecified atom stereocenters. The predicted molar refractivity (Wildman–Crippen MR) is 67.2 cm³/mol. The second-order valence-electron chi connectivity index (χ2n) is 3.74. The molecule has 0 spiro atoms. The Labute approximate surface area is 96.7 Å². The van der Waals surface area contributed by atoms with Crippen LogP contribution in [0.5, 0.6) is 0 Å². The number of likely N-dealkylation sites (N-methyl/N-ethyl adjacent to an activating group) is 1. The van der Waals surface area contributed by atoms with Crippen LogP contribution in [-0.4, -0.2) is 31.6 Å². The van der Waals surface area contributed by atoms with Gasteiger partial charge in [0.2, 0.25) is 0 Å². The van der Waals surface area contributed by atoms with Crippen LogP contribution in [0.3, 0.4) is 0 Å². The number of nitrogens with one attached hydrogen (secondary N) is 1. The molecule has 0 fully saturated rings. The van der Waals surface area contributed by atoms with Crippen molar-refractivity contribution in [2.24, 2.45) is 0 Å². The zero-order chi connectivity index (χ0) is 12.0. The lowest BCUT2D eigenvalue weighted by atomic mass is 10.2. The lowest BCUT2D eigenvalue weighted by Crippen LogP contribution is -2.24. The summed E-state index contributed by atoms with van der Waals surface area (Å²) in [7, 11) is 2.07. The van der Waals surface area contributed by atoms with Crippen molar-refractivity contribution in [3.8, 4) is 6.07 Å². The molecule has 0 saturated carbocycles. The van der Waals surface area contributed by atoms with Gasteiger partial charge in [-0.2, -0.15) is 5.26 Å². The third-order valence-corrected chi connectivity index (χ3v) is 2.53. The Hall–Kier alpha value is -1.73. The standard InChI is InChI=1S/C12H18N4/c1-3-16(2)7-6-15-12-5-4-10(9-13)8-11(12)14/h4-5,8,15H,3,6-7,14H2,1-2H3. The molecule has 0 aromatic heterocycles. The molecule has 0 aliphatic carbocycles. The van der Waals surface area contributed by atoms with Gasteiger partial charge in [-0.15, -0.1) is 0 Å². The number of nitriles is 1. The first-order valence-corrected chi connectivity index (χ1v) is 5.39. The van der Waals surface area contributed by atoms with E-state index in [9.17, 15) is 0 Å². The minimum Gasteiger partial charge on any atom is -0.397 e. The molecule has 16 heavy (non-hydrogen) atoms. The first-order valence-electron chi connectivity index (χ1n) is 5.39. The van der Waals surface area contributed by atoms with Gasteiger partial charge < -0.3 is 16.0 Å². The van der Waals surface area contributed by atoms with Crippen molar-refractivity contribution >= 4 is 11.4 Å². The van der Waals surface area contributed by atoms with Crippen LogP contribution in [0.1, 0.15) is 12.5 Å². The molecular weight excluding hydrogens is 200 g/mol. The molecule has 0 amide bonds. The van der Waals surface area contributed by atoms with Gasteiger partial charge in [0.1, 0.15) is 0 Å². The Morgan fingerprint density at radius 1 is 1.50 bits per heavy atom. The van der Waals surface area contributed by atoms with E-state index in [1.54, 1.807) is 12.1 Å². The summed E-state index contributed by atoms with van der Waals surface area (Å²) < 4.78 is 0. The van der Waals surface area contributed by atoms with Crippen molar-refractivity contribution in [2.45, 2.75) is 6.92 Å². The van der Waals surface area contributed by atoms with Crippen LogP contribution >= 0.6 is 0 Å². The van der Waals surface area contributed by atoms with Gasteiger partial charge in [0.15, 0.2) is 0 Å². The minimum atomic E-state index is 0.591. The van der Waals surface area contributed by atoms with Crippen molar-refractivity contribution in [2.75, 3.05) is 37.7 Å². The number of nitrogen functional groups attached to an aromatic ring is 1. The fraction of sp³-hybridized carbons (Fsp3) is 0.417. The van der Waals surface area contributed by atoms with Crippen LogP contribution in [0.15, 0.2) is 18.2 Å². The molecule has 0 atom stereocenters. The van der Waals surface area contributed by atoms with Crippen LogP contribution in [0.4, 0.5) is 11.4 Å². The molecule has 3 N–H and O–H groups in total. The summed E-state index contributed by atoms with van der Waals surface area (Å²) in [5.74, 6) is 0. The van der Waals surface area contributed by atoms with E-state index in [4.69, 9.17) is 11.0 Å². The fourth-order valence-corrected chi connectivity index (χ4v) is 1.33. The number of hydrogen-bond donors (Lipinski definition) is 2. The van der Waals surface area contributed by atoms with Crippen LogP contribution in [0, 0.1) is 11.3 Å². The second-order valence-corrected chi connectivity index (χ2v) is 3.74. The lowest BCUT2D eigenvalue weighted by Gasteiger charge is -2.15. The Bertz CT molecular complexity index is 381. The highest BCUT2D eigenvalue weighted by Crippen LogP contribution is 2.18. The van der Waals surface area contributed by atoms with E-state index in [-0.39, 0.29) is 0 Å². The average molecular weight is 218 g/mol. The highest BCUT2D eigenvalue weighted by Gasteiger charge is 2.00. The number of benzene rings is 1. The zero-order valence-electron chi connectivity index (χ0n) is 9.83. The highest BCUT2D eigenvalue weighted by molar-refractivity contribution is 5.68. The van der Waals surface area contributed by atoms with Crippen LogP contribution in [0.2, 0.25) is 0 Å². The van der Waals surface area contributed by atoms with Crippen molar-refractivity contribution in [3.05, 3.63) is 23.8 Å². The summed E-state index contributed by atoms with van der Waals surface area (Å²) in [4.78, 5) is 2.22. The molecule has 4 heteroatoms. The van der Waals surface area contributed by atoms with Gasteiger partial charge in [0.25, 0.3) is 0 Å². The van der Waals surface area contributed by atoms with Gasteiger partial charge >= 0.3 is 0 Å². The third-order valence-electron chi connectivity index (χ3n) is 2.53. The van der Waals surface area contributed by atoms with Crippen LogP contribution < -0.4 is 11.1 Å². The van der Waals surface area contributed by atoms with E-state index in [1.165, 1.54) is 0 Å². The van der Waals surface area contributed by atoms with Gasteiger partial charge in [0, 0.05) is 13.1 Å². The molecule has 1 rings (SSSR count). The number of hydrogen-bond acceptors (Lipinski definition) is 4. The minimum absolute atomic E-state index is 0.591. The smallest absolute Gasteiger partial charge is 0.0992 e. The normalized spacial score (nSPS) is 10.1. The lowest BCUT2D eigenvalue weighted by molar-refractivity contribution is 0.367. The van der Waals surface area contributed by atoms with Crippen molar-refractivity contribution in [3.63, 3.8) is 0 Å². The largest absolute Gasteiger partial charge is 0.397 e. The number of nitrogens with two attached hydrogens (primary N) is 1. The monoisotopic (exact) mass is 218 g/mol. The molecule has 0 saturated heterocycles. The topological polar surface area (TPSA) is 65.1 Å². The maximum atomic E-state index is 8.70. The Morgan fingerprint density at radius 2 is 2.25 bits per heavy atom. The number of nitrogens with zero attached hydrogens (tertiary/aromatic N) is 2. The first-order chi connectivity index (χ1) is 7.67. The third kappa shape index (κ3) is 3.44. The summed E-state index contributed by atoms with van der Waals surface area (Å²) in [6, 6.07) is 7.36. The van der Waals surface area contributed by atoms with E-state index in [0.717, 1.165) is 25.3 Å². The van der Waals surface area contributed by atoms with Crippen molar-refractivity contribution in [1.82, 2.24) is 4.90 Å². The molecule has 0 radical (unpaired) electrons. The van der Waals surface area contributed by atoms with Gasteiger partial charge in [-0.1, -0.05) is 6.92 Å². The molecule has 0 bridgehead atoms. The Kier molecular flexibility index (Phi) is 4.62. The second kappa shape index (κ2) is 5.99. The van der Waals surface area contributed by atoms with E-state index in [0.29, 0.717) is 11.3 Å². The molecule has 0 aliphatic heterocycles. The summed E-state index contributed by atoms with van der Waals surface area (Å²) in [5.41, 5.74) is 7.93. The molecule has 0 aliphatic rings. The van der Waals surface area contributed by atoms with Gasteiger partial charge in [-0.05, 0) is 31.8 Å². The number of rotatable bonds is 5. The summed E-state index contributed by atoms with van der Waals surface area (Å²) in [6.45, 7) is 4.97. The maximum Gasteiger partial charge on any atom is 0.0992 e. The average Bonchev–Trinajstić information content (AvgIpc) is 2.30. The van der Waals surface area contributed by atoms with E-state index < -0.39 is 0 Å². The first kappa shape index (κ1) is 12.3. The maximum absolute atomic E-state index is 8.70. The molecule has 1 aromatic rings. The molecule has 1 aromatic carbocycles. The fourth-order valence-electron chi connectivity index (χ4n) is 1.33. The van der Waals surface area contributed by atoms with E-state index >= 15 is 0 Å². The van der Waals surface area contributed by atoms with Crippen LogP contribution in [0.25, 0.3) is 0 Å². The summed E-state index contributed by atoms with van der Waals surface area (Å²) in [5, 5.41) is 12.0. The van der Waals surface area contributed by atoms with Gasteiger partial charge in [0.05, 0.1) is 23.0 Å². The van der Waals surface area contributed by atoms with Crippen molar-refractivity contribution < 1.29 is 0 Å². The Balaban J connectivity index is 2.52. The van der Waals surface area contributed by atoms with Gasteiger partial charge in [-0.3, -0.25) is 0 Å². The molecule has 86 valence electrons. The van der Waals surface area contributed by atoms with Gasteiger partial charge in [-0.25, -0.2) is 0 Å². The predicted octanol–water partition coefficient (Wildman–Crippen LogP) is 1.50. The zero-order valence-corrected chi connectivity index (χ0v) is 9.83. The molecular formula is C12H18N4. The van der Waals surface area contributed by atoms with Crippen LogP contribution in [-0.2, 0) is 0 Å².